The zero-order chi connectivity index (χ0) is 12.5. The number of nitrogens with one attached hydrogen (secondary N) is 1. The summed E-state index contributed by atoms with van der Waals surface area (Å²) in [5, 5.41) is 3.74. The molecule has 18 heavy (non-hydrogen) atoms. The lowest BCUT2D eigenvalue weighted by Gasteiger charge is -2.28. The maximum absolute atomic E-state index is 3.74. The summed E-state index contributed by atoms with van der Waals surface area (Å²) in [6, 6.07) is 9.17. The van der Waals surface area contributed by atoms with Gasteiger partial charge in [0, 0.05) is 17.1 Å². The maximum atomic E-state index is 3.74. The first-order valence-corrected chi connectivity index (χ1v) is 8.00. The first kappa shape index (κ1) is 12.7. The van der Waals surface area contributed by atoms with Crippen LogP contribution in [0.1, 0.15) is 38.2 Å². The molecule has 2 saturated carbocycles. The van der Waals surface area contributed by atoms with Crippen LogP contribution in [0.15, 0.2) is 28.7 Å². The zero-order valence-corrected chi connectivity index (χ0v) is 12.6. The van der Waals surface area contributed by atoms with Gasteiger partial charge in [-0.3, -0.25) is 0 Å². The second kappa shape index (κ2) is 5.34. The lowest BCUT2D eigenvalue weighted by Crippen LogP contribution is -2.35. The first-order chi connectivity index (χ1) is 8.74. The Bertz CT molecular complexity index is 417. The third kappa shape index (κ3) is 2.50. The fourth-order valence-corrected chi connectivity index (χ4v) is 4.40. The Balaban J connectivity index is 1.56. The summed E-state index contributed by atoms with van der Waals surface area (Å²) in [4.78, 5) is 0. The predicted molar refractivity (Wildman–Crippen MR) is 79.4 cm³/mol. The van der Waals surface area contributed by atoms with Gasteiger partial charge in [0.1, 0.15) is 0 Å². The second-order valence-electron chi connectivity index (χ2n) is 6.10. The van der Waals surface area contributed by atoms with Gasteiger partial charge in [-0.15, -0.1) is 0 Å². The fourth-order valence-electron chi connectivity index (χ4n) is 3.97. The summed E-state index contributed by atoms with van der Waals surface area (Å²) in [5.74, 6) is 2.98. The van der Waals surface area contributed by atoms with Crippen LogP contribution in [0.4, 0.5) is 0 Å². The quantitative estimate of drug-likeness (QED) is 0.871. The molecule has 0 aromatic heterocycles. The molecular formula is C16H22BrN. The summed E-state index contributed by atoms with van der Waals surface area (Å²) in [7, 11) is 0. The lowest BCUT2D eigenvalue weighted by molar-refractivity contribution is 0.259. The predicted octanol–water partition coefficient (Wildman–Crippen LogP) is 4.36. The molecule has 2 heteroatoms. The van der Waals surface area contributed by atoms with Gasteiger partial charge < -0.3 is 5.32 Å². The zero-order valence-electron chi connectivity index (χ0n) is 11.0. The highest BCUT2D eigenvalue weighted by atomic mass is 79.9. The molecule has 0 radical (unpaired) electrons. The summed E-state index contributed by atoms with van der Waals surface area (Å²) >= 11 is 3.62. The SMILES string of the molecule is C[C@@H](NCc1ccccc1Br)[C@H]1C[C@H]2CC[C@H]1C2. The van der Waals surface area contributed by atoms with E-state index in [4.69, 9.17) is 0 Å². The molecule has 0 spiro atoms. The van der Waals surface area contributed by atoms with Crippen LogP contribution in [0, 0.1) is 17.8 Å². The average molecular weight is 308 g/mol. The van der Waals surface area contributed by atoms with Crippen LogP contribution in [0.25, 0.3) is 0 Å². The Morgan fingerprint density at radius 3 is 2.78 bits per heavy atom. The average Bonchev–Trinajstić information content (AvgIpc) is 2.99. The Morgan fingerprint density at radius 1 is 1.28 bits per heavy atom. The molecule has 2 bridgehead atoms. The number of benzene rings is 1. The highest BCUT2D eigenvalue weighted by Crippen LogP contribution is 2.49. The molecule has 2 aliphatic carbocycles. The molecule has 3 rings (SSSR count). The molecule has 0 saturated heterocycles. The van der Waals surface area contributed by atoms with E-state index >= 15 is 0 Å². The molecule has 0 aliphatic heterocycles. The van der Waals surface area contributed by atoms with Crippen LogP contribution in [0.5, 0.6) is 0 Å². The molecular weight excluding hydrogens is 286 g/mol. The van der Waals surface area contributed by atoms with E-state index in [1.165, 1.54) is 35.7 Å². The summed E-state index contributed by atoms with van der Waals surface area (Å²) in [6.07, 6.45) is 5.95. The Kier molecular flexibility index (Phi) is 3.76. The number of halogens is 1. The first-order valence-electron chi connectivity index (χ1n) is 7.21. The second-order valence-corrected chi connectivity index (χ2v) is 6.95. The van der Waals surface area contributed by atoms with Crippen LogP contribution in [0.2, 0.25) is 0 Å². The Morgan fingerprint density at radius 2 is 2.11 bits per heavy atom. The van der Waals surface area contributed by atoms with Crippen molar-refractivity contribution in [3.63, 3.8) is 0 Å². The molecule has 1 aromatic rings. The van der Waals surface area contributed by atoms with Gasteiger partial charge in [0.15, 0.2) is 0 Å². The number of rotatable bonds is 4. The number of hydrogen-bond acceptors (Lipinski definition) is 1. The van der Waals surface area contributed by atoms with Gasteiger partial charge in [-0.25, -0.2) is 0 Å². The number of fused-ring (bicyclic) bond motifs is 2. The van der Waals surface area contributed by atoms with Gasteiger partial charge in [-0.2, -0.15) is 0 Å². The van der Waals surface area contributed by atoms with Gasteiger partial charge in [0.2, 0.25) is 0 Å². The van der Waals surface area contributed by atoms with E-state index < -0.39 is 0 Å². The van der Waals surface area contributed by atoms with E-state index in [-0.39, 0.29) is 0 Å². The molecule has 0 amide bonds. The van der Waals surface area contributed by atoms with Crippen molar-refractivity contribution in [1.29, 1.82) is 0 Å². The minimum Gasteiger partial charge on any atom is -0.310 e. The molecule has 0 unspecified atom stereocenters. The smallest absolute Gasteiger partial charge is 0.0220 e. The van der Waals surface area contributed by atoms with Gasteiger partial charge in [0.25, 0.3) is 0 Å². The van der Waals surface area contributed by atoms with E-state index in [0.29, 0.717) is 6.04 Å². The van der Waals surface area contributed by atoms with Gasteiger partial charge >= 0.3 is 0 Å². The molecule has 2 fully saturated rings. The van der Waals surface area contributed by atoms with E-state index in [9.17, 15) is 0 Å². The normalized spacial score (nSPS) is 31.8. The van der Waals surface area contributed by atoms with Crippen molar-refractivity contribution in [2.24, 2.45) is 17.8 Å². The van der Waals surface area contributed by atoms with Crippen LogP contribution in [-0.4, -0.2) is 6.04 Å². The van der Waals surface area contributed by atoms with Crippen molar-refractivity contribution in [1.82, 2.24) is 5.32 Å². The lowest BCUT2D eigenvalue weighted by atomic mass is 9.84. The minimum atomic E-state index is 0.660. The summed E-state index contributed by atoms with van der Waals surface area (Å²) in [6.45, 7) is 3.36. The summed E-state index contributed by atoms with van der Waals surface area (Å²) in [5.41, 5.74) is 1.37. The molecule has 0 heterocycles. The van der Waals surface area contributed by atoms with E-state index in [1.54, 1.807) is 0 Å². The monoisotopic (exact) mass is 307 g/mol. The maximum Gasteiger partial charge on any atom is 0.0220 e. The van der Waals surface area contributed by atoms with Crippen LogP contribution in [0.3, 0.4) is 0 Å². The van der Waals surface area contributed by atoms with Gasteiger partial charge in [0.05, 0.1) is 0 Å². The van der Waals surface area contributed by atoms with E-state index in [0.717, 1.165) is 24.3 Å². The van der Waals surface area contributed by atoms with Crippen molar-refractivity contribution in [3.05, 3.63) is 34.3 Å². The third-order valence-corrected chi connectivity index (χ3v) is 5.78. The standard InChI is InChI=1S/C16H22BrN/c1-11(15-9-12-6-7-13(15)8-12)18-10-14-4-2-3-5-16(14)17/h2-5,11-13,15,18H,6-10H2,1H3/t11-,12+,13+,15-/m1/s1. The number of hydrogen-bond donors (Lipinski definition) is 1. The molecule has 98 valence electrons. The van der Waals surface area contributed by atoms with Crippen LogP contribution in [-0.2, 0) is 6.54 Å². The van der Waals surface area contributed by atoms with Crippen molar-refractivity contribution in [2.75, 3.05) is 0 Å². The molecule has 4 atom stereocenters. The minimum absolute atomic E-state index is 0.660. The third-order valence-electron chi connectivity index (χ3n) is 5.01. The van der Waals surface area contributed by atoms with Crippen molar-refractivity contribution < 1.29 is 0 Å². The highest BCUT2D eigenvalue weighted by Gasteiger charge is 2.41. The highest BCUT2D eigenvalue weighted by molar-refractivity contribution is 9.10. The Labute approximate surface area is 118 Å². The molecule has 2 aliphatic rings. The summed E-state index contributed by atoms with van der Waals surface area (Å²) < 4.78 is 1.22. The van der Waals surface area contributed by atoms with E-state index in [1.807, 2.05) is 0 Å². The molecule has 1 N–H and O–H groups in total. The molecule has 1 nitrogen and oxygen atoms in total. The largest absolute Gasteiger partial charge is 0.310 e. The van der Waals surface area contributed by atoms with Crippen molar-refractivity contribution in [3.8, 4) is 0 Å². The van der Waals surface area contributed by atoms with Crippen molar-refractivity contribution >= 4 is 15.9 Å². The van der Waals surface area contributed by atoms with Gasteiger partial charge in [-0.05, 0) is 55.6 Å². The topological polar surface area (TPSA) is 12.0 Å². The van der Waals surface area contributed by atoms with Gasteiger partial charge in [-0.1, -0.05) is 40.5 Å². The van der Waals surface area contributed by atoms with Crippen LogP contribution < -0.4 is 5.32 Å². The molecule has 1 aromatic carbocycles. The Hall–Kier alpha value is -0.340. The van der Waals surface area contributed by atoms with Crippen LogP contribution >= 0.6 is 15.9 Å². The fraction of sp³-hybridized carbons (Fsp3) is 0.625. The van der Waals surface area contributed by atoms with Crippen molar-refractivity contribution in [2.45, 2.75) is 45.2 Å². The van der Waals surface area contributed by atoms with E-state index in [2.05, 4.69) is 52.4 Å².